The molecule has 1 amide bonds. The Bertz CT molecular complexity index is 451. The summed E-state index contributed by atoms with van der Waals surface area (Å²) in [5.74, 6) is -2.89. The molecule has 0 bridgehead atoms. The van der Waals surface area contributed by atoms with Gasteiger partial charge in [-0.3, -0.25) is 4.79 Å². The Morgan fingerprint density at radius 2 is 2.15 bits per heavy atom. The molecule has 4 nitrogen and oxygen atoms in total. The predicted molar refractivity (Wildman–Crippen MR) is 72.9 cm³/mol. The van der Waals surface area contributed by atoms with Gasteiger partial charge in [-0.2, -0.15) is 0 Å². The van der Waals surface area contributed by atoms with E-state index in [-0.39, 0.29) is 12.5 Å². The van der Waals surface area contributed by atoms with Gasteiger partial charge in [-0.25, -0.2) is 8.78 Å². The molecule has 0 heterocycles. The van der Waals surface area contributed by atoms with Crippen LogP contribution < -0.4 is 15.8 Å². The maximum Gasteiger partial charge on any atom is 0.277 e. The van der Waals surface area contributed by atoms with E-state index < -0.39 is 24.9 Å². The highest BCUT2D eigenvalue weighted by Crippen LogP contribution is 2.15. The first-order chi connectivity index (χ1) is 9.32. The number of alkyl halides is 2. The van der Waals surface area contributed by atoms with Gasteiger partial charge in [0.25, 0.3) is 5.92 Å². The molecule has 112 valence electrons. The Morgan fingerprint density at radius 1 is 1.45 bits per heavy atom. The normalized spacial score (nSPS) is 11.5. The van der Waals surface area contributed by atoms with Crippen LogP contribution in [0.15, 0.2) is 24.3 Å². The van der Waals surface area contributed by atoms with Crippen molar-refractivity contribution in [3.05, 3.63) is 29.8 Å². The zero-order valence-electron chi connectivity index (χ0n) is 11.7. The molecule has 0 aliphatic carbocycles. The van der Waals surface area contributed by atoms with E-state index in [0.29, 0.717) is 11.3 Å². The van der Waals surface area contributed by atoms with E-state index in [1.807, 2.05) is 13.8 Å². The number of carbonyl (C=O) groups is 1. The van der Waals surface area contributed by atoms with E-state index in [0.717, 1.165) is 0 Å². The number of carbonyl (C=O) groups excluding carboxylic acids is 1. The van der Waals surface area contributed by atoms with Gasteiger partial charge in [0.2, 0.25) is 5.91 Å². The molecule has 1 aromatic rings. The SMILES string of the molecule is CC(C)Oc1cccc(CC(=O)NCC(F)(F)CN)c1. The number of ether oxygens (including phenoxy) is 1. The second kappa shape index (κ2) is 7.19. The lowest BCUT2D eigenvalue weighted by molar-refractivity contribution is -0.122. The molecule has 0 aromatic heterocycles. The fraction of sp³-hybridized carbons (Fsp3) is 0.500. The zero-order chi connectivity index (χ0) is 15.2. The van der Waals surface area contributed by atoms with Crippen molar-refractivity contribution in [2.75, 3.05) is 13.1 Å². The van der Waals surface area contributed by atoms with Gasteiger partial charge in [-0.1, -0.05) is 12.1 Å². The van der Waals surface area contributed by atoms with Crippen molar-refractivity contribution >= 4 is 5.91 Å². The van der Waals surface area contributed by atoms with Crippen LogP contribution in [0.5, 0.6) is 5.75 Å². The largest absolute Gasteiger partial charge is 0.491 e. The van der Waals surface area contributed by atoms with E-state index >= 15 is 0 Å². The van der Waals surface area contributed by atoms with Crippen LogP contribution >= 0.6 is 0 Å². The van der Waals surface area contributed by atoms with Crippen molar-refractivity contribution in [3.8, 4) is 5.75 Å². The highest BCUT2D eigenvalue weighted by atomic mass is 19.3. The molecular weight excluding hydrogens is 266 g/mol. The van der Waals surface area contributed by atoms with Crippen LogP contribution in [-0.2, 0) is 11.2 Å². The van der Waals surface area contributed by atoms with Crippen molar-refractivity contribution in [3.63, 3.8) is 0 Å². The molecule has 0 unspecified atom stereocenters. The smallest absolute Gasteiger partial charge is 0.277 e. The standard InChI is InChI=1S/C14H20F2N2O2/c1-10(2)20-12-5-3-4-11(6-12)7-13(19)18-9-14(15,16)8-17/h3-6,10H,7-9,17H2,1-2H3,(H,18,19). The lowest BCUT2D eigenvalue weighted by Gasteiger charge is -2.15. The summed E-state index contributed by atoms with van der Waals surface area (Å²) >= 11 is 0. The minimum Gasteiger partial charge on any atom is -0.491 e. The van der Waals surface area contributed by atoms with Gasteiger partial charge in [-0.15, -0.1) is 0 Å². The number of amides is 1. The van der Waals surface area contributed by atoms with Gasteiger partial charge in [-0.05, 0) is 31.5 Å². The lowest BCUT2D eigenvalue weighted by Crippen LogP contribution is -2.42. The second-order valence-corrected chi connectivity index (χ2v) is 4.83. The molecule has 20 heavy (non-hydrogen) atoms. The molecule has 6 heteroatoms. The summed E-state index contributed by atoms with van der Waals surface area (Å²) < 4.78 is 31.3. The van der Waals surface area contributed by atoms with E-state index in [1.165, 1.54) is 0 Å². The molecule has 0 radical (unpaired) electrons. The Balaban J connectivity index is 2.53. The summed E-state index contributed by atoms with van der Waals surface area (Å²) in [5, 5.41) is 2.17. The molecule has 1 rings (SSSR count). The summed E-state index contributed by atoms with van der Waals surface area (Å²) in [4.78, 5) is 11.6. The van der Waals surface area contributed by atoms with Crippen LogP contribution in [0.1, 0.15) is 19.4 Å². The van der Waals surface area contributed by atoms with Crippen LogP contribution in [0, 0.1) is 0 Å². The topological polar surface area (TPSA) is 64.3 Å². The van der Waals surface area contributed by atoms with E-state index in [4.69, 9.17) is 10.5 Å². The number of hydrogen-bond acceptors (Lipinski definition) is 3. The van der Waals surface area contributed by atoms with Crippen molar-refractivity contribution in [2.45, 2.75) is 32.3 Å². The van der Waals surface area contributed by atoms with Gasteiger partial charge in [0.05, 0.1) is 25.6 Å². The summed E-state index contributed by atoms with van der Waals surface area (Å²) in [5.41, 5.74) is 5.60. The van der Waals surface area contributed by atoms with E-state index in [9.17, 15) is 13.6 Å². The highest BCUT2D eigenvalue weighted by molar-refractivity contribution is 5.78. The molecule has 3 N–H and O–H groups in total. The number of nitrogens with one attached hydrogen (secondary N) is 1. The van der Waals surface area contributed by atoms with Gasteiger partial charge in [0.1, 0.15) is 5.75 Å². The molecule has 0 aliphatic rings. The molecule has 0 fully saturated rings. The Labute approximate surface area is 117 Å². The van der Waals surface area contributed by atoms with Crippen molar-refractivity contribution < 1.29 is 18.3 Å². The van der Waals surface area contributed by atoms with Crippen molar-refractivity contribution in [1.29, 1.82) is 0 Å². The monoisotopic (exact) mass is 286 g/mol. The quantitative estimate of drug-likeness (QED) is 0.802. The minimum absolute atomic E-state index is 0.0238. The van der Waals surface area contributed by atoms with Crippen LogP contribution in [0.3, 0.4) is 0 Å². The average Bonchev–Trinajstić information content (AvgIpc) is 2.36. The van der Waals surface area contributed by atoms with E-state index in [1.54, 1.807) is 24.3 Å². The van der Waals surface area contributed by atoms with Gasteiger partial charge in [0.15, 0.2) is 0 Å². The molecule has 0 atom stereocenters. The third kappa shape index (κ3) is 5.97. The molecule has 0 aliphatic heterocycles. The lowest BCUT2D eigenvalue weighted by atomic mass is 10.1. The highest BCUT2D eigenvalue weighted by Gasteiger charge is 2.27. The molecule has 0 spiro atoms. The van der Waals surface area contributed by atoms with Crippen LogP contribution in [0.2, 0.25) is 0 Å². The predicted octanol–water partition coefficient (Wildman–Crippen LogP) is 1.73. The number of rotatable bonds is 7. The zero-order valence-corrected chi connectivity index (χ0v) is 11.7. The van der Waals surface area contributed by atoms with Gasteiger partial charge >= 0.3 is 0 Å². The van der Waals surface area contributed by atoms with Crippen molar-refractivity contribution in [1.82, 2.24) is 5.32 Å². The maximum atomic E-state index is 12.9. The minimum atomic E-state index is -3.07. The van der Waals surface area contributed by atoms with Gasteiger partial charge in [0, 0.05) is 0 Å². The first-order valence-electron chi connectivity index (χ1n) is 6.42. The van der Waals surface area contributed by atoms with E-state index in [2.05, 4.69) is 5.32 Å². The molecule has 0 saturated heterocycles. The number of benzene rings is 1. The summed E-state index contributed by atoms with van der Waals surface area (Å²) in [7, 11) is 0. The summed E-state index contributed by atoms with van der Waals surface area (Å²) in [6.45, 7) is 2.26. The fourth-order valence-electron chi connectivity index (χ4n) is 1.55. The molecule has 1 aromatic carbocycles. The average molecular weight is 286 g/mol. The Kier molecular flexibility index (Phi) is 5.88. The van der Waals surface area contributed by atoms with Crippen LogP contribution in [-0.4, -0.2) is 31.0 Å². The summed E-state index contributed by atoms with van der Waals surface area (Å²) in [6.07, 6.45) is 0.0537. The molecular formula is C14H20F2N2O2. The summed E-state index contributed by atoms with van der Waals surface area (Å²) in [6, 6.07) is 7.01. The first kappa shape index (κ1) is 16.4. The second-order valence-electron chi connectivity index (χ2n) is 4.83. The van der Waals surface area contributed by atoms with Crippen LogP contribution in [0.4, 0.5) is 8.78 Å². The third-order valence-corrected chi connectivity index (χ3v) is 2.48. The fourth-order valence-corrected chi connectivity index (χ4v) is 1.55. The Hall–Kier alpha value is -1.69. The van der Waals surface area contributed by atoms with Crippen LogP contribution in [0.25, 0.3) is 0 Å². The number of hydrogen-bond donors (Lipinski definition) is 2. The first-order valence-corrected chi connectivity index (χ1v) is 6.42. The number of nitrogens with two attached hydrogens (primary N) is 1. The van der Waals surface area contributed by atoms with Gasteiger partial charge < -0.3 is 15.8 Å². The Morgan fingerprint density at radius 3 is 2.75 bits per heavy atom. The maximum absolute atomic E-state index is 12.9. The third-order valence-electron chi connectivity index (χ3n) is 2.48. The number of halogens is 2. The molecule has 0 saturated carbocycles. The van der Waals surface area contributed by atoms with Crippen molar-refractivity contribution in [2.24, 2.45) is 5.73 Å².